The molecule has 0 saturated heterocycles. The lowest BCUT2D eigenvalue weighted by Crippen LogP contribution is -2.18. The Morgan fingerprint density at radius 2 is 2.05 bits per heavy atom. The van der Waals surface area contributed by atoms with E-state index < -0.39 is 0 Å². The Bertz CT molecular complexity index is 734. The van der Waals surface area contributed by atoms with Crippen LogP contribution in [0.4, 0.5) is 0 Å². The summed E-state index contributed by atoms with van der Waals surface area (Å²) in [6, 6.07) is 14.0. The second-order valence-electron chi connectivity index (χ2n) is 5.07. The van der Waals surface area contributed by atoms with E-state index in [0.29, 0.717) is 0 Å². The highest BCUT2D eigenvalue weighted by molar-refractivity contribution is 7.99. The van der Waals surface area contributed by atoms with Gasteiger partial charge in [0.25, 0.3) is 0 Å². The number of halogens is 1. The lowest BCUT2D eigenvalue weighted by Gasteiger charge is -2.11. The second kappa shape index (κ2) is 6.10. The predicted octanol–water partition coefficient (Wildman–Crippen LogP) is 4.26. The quantitative estimate of drug-likeness (QED) is 0.756. The fourth-order valence-corrected chi connectivity index (χ4v) is 3.51. The average Bonchev–Trinajstić information content (AvgIpc) is 2.84. The molecular formula is C16H16ClN3S. The molecule has 1 atom stereocenters. The molecule has 5 heteroatoms. The molecule has 1 unspecified atom stereocenters. The van der Waals surface area contributed by atoms with E-state index in [0.717, 1.165) is 38.1 Å². The lowest BCUT2D eigenvalue weighted by atomic mass is 10.1. The Morgan fingerprint density at radius 3 is 2.81 bits per heavy atom. The van der Waals surface area contributed by atoms with Crippen LogP contribution >= 0.6 is 23.4 Å². The maximum atomic E-state index is 6.36. The van der Waals surface area contributed by atoms with Crippen molar-refractivity contribution in [1.82, 2.24) is 9.97 Å². The van der Waals surface area contributed by atoms with Crippen LogP contribution in [0.1, 0.15) is 12.5 Å². The van der Waals surface area contributed by atoms with Gasteiger partial charge in [0.15, 0.2) is 5.16 Å². The van der Waals surface area contributed by atoms with Gasteiger partial charge in [-0.2, -0.15) is 0 Å². The van der Waals surface area contributed by atoms with Crippen molar-refractivity contribution in [2.75, 3.05) is 0 Å². The highest BCUT2D eigenvalue weighted by atomic mass is 35.5. The van der Waals surface area contributed by atoms with Crippen LogP contribution in [-0.4, -0.2) is 16.0 Å². The van der Waals surface area contributed by atoms with Crippen LogP contribution in [0.3, 0.4) is 0 Å². The smallest absolute Gasteiger partial charge is 0.171 e. The summed E-state index contributed by atoms with van der Waals surface area (Å²) in [6.45, 7) is 2.00. The van der Waals surface area contributed by atoms with Crippen LogP contribution in [-0.2, 0) is 6.42 Å². The van der Waals surface area contributed by atoms with Crippen LogP contribution in [0.25, 0.3) is 11.0 Å². The first-order chi connectivity index (χ1) is 10.1. The summed E-state index contributed by atoms with van der Waals surface area (Å²) in [4.78, 5) is 8.92. The highest BCUT2D eigenvalue weighted by Gasteiger charge is 2.12. The van der Waals surface area contributed by atoms with E-state index in [1.165, 1.54) is 0 Å². The summed E-state index contributed by atoms with van der Waals surface area (Å²) in [6.07, 6.45) is 0.795. The Hall–Kier alpha value is -1.49. The van der Waals surface area contributed by atoms with Gasteiger partial charge in [-0.3, -0.25) is 0 Å². The van der Waals surface area contributed by atoms with Gasteiger partial charge in [0.1, 0.15) is 0 Å². The molecule has 0 fully saturated rings. The number of imidazole rings is 1. The maximum absolute atomic E-state index is 6.36. The topological polar surface area (TPSA) is 54.7 Å². The van der Waals surface area contributed by atoms with E-state index >= 15 is 0 Å². The lowest BCUT2D eigenvalue weighted by molar-refractivity contribution is 0.729. The molecule has 3 nitrogen and oxygen atoms in total. The van der Waals surface area contributed by atoms with E-state index in [2.05, 4.69) is 16.0 Å². The zero-order valence-electron chi connectivity index (χ0n) is 11.6. The second-order valence-corrected chi connectivity index (χ2v) is 6.48. The molecule has 0 aliphatic rings. The van der Waals surface area contributed by atoms with Gasteiger partial charge in [-0.1, -0.05) is 35.9 Å². The van der Waals surface area contributed by atoms with Gasteiger partial charge in [-0.25, -0.2) is 4.98 Å². The fourth-order valence-electron chi connectivity index (χ4n) is 2.25. The number of para-hydroxylation sites is 2. The summed E-state index contributed by atoms with van der Waals surface area (Å²) in [5, 5.41) is 1.58. The minimum atomic E-state index is 0.0958. The largest absolute Gasteiger partial charge is 0.333 e. The molecule has 108 valence electrons. The number of fused-ring (bicyclic) bond motifs is 1. The molecule has 1 aromatic heterocycles. The van der Waals surface area contributed by atoms with E-state index in [9.17, 15) is 0 Å². The van der Waals surface area contributed by atoms with Crippen molar-refractivity contribution in [3.05, 3.63) is 53.1 Å². The van der Waals surface area contributed by atoms with Crippen LogP contribution in [0.2, 0.25) is 5.02 Å². The van der Waals surface area contributed by atoms with E-state index in [-0.39, 0.29) is 6.04 Å². The molecule has 2 aromatic carbocycles. The Labute approximate surface area is 132 Å². The van der Waals surface area contributed by atoms with E-state index in [4.69, 9.17) is 17.3 Å². The van der Waals surface area contributed by atoms with Gasteiger partial charge in [0.05, 0.1) is 16.1 Å². The number of rotatable bonds is 4. The SMILES string of the molecule is CC(N)Cc1cccc(Cl)c1Sc1nc2ccccc2[nH]1. The molecule has 0 bridgehead atoms. The van der Waals surface area contributed by atoms with Crippen molar-refractivity contribution in [3.8, 4) is 0 Å². The highest BCUT2D eigenvalue weighted by Crippen LogP contribution is 2.35. The number of nitrogens with two attached hydrogens (primary N) is 1. The third-order valence-electron chi connectivity index (χ3n) is 3.16. The van der Waals surface area contributed by atoms with Crippen LogP contribution in [0.15, 0.2) is 52.5 Å². The summed E-state index contributed by atoms with van der Waals surface area (Å²) in [7, 11) is 0. The summed E-state index contributed by atoms with van der Waals surface area (Å²) in [5.74, 6) is 0. The molecule has 1 heterocycles. The molecule has 0 spiro atoms. The van der Waals surface area contributed by atoms with Crippen LogP contribution < -0.4 is 5.73 Å². The molecule has 21 heavy (non-hydrogen) atoms. The maximum Gasteiger partial charge on any atom is 0.171 e. The molecule has 3 rings (SSSR count). The van der Waals surface area contributed by atoms with Crippen molar-refractivity contribution in [3.63, 3.8) is 0 Å². The van der Waals surface area contributed by atoms with Gasteiger partial charge >= 0.3 is 0 Å². The van der Waals surface area contributed by atoms with Crippen molar-refractivity contribution < 1.29 is 0 Å². The number of nitrogens with one attached hydrogen (secondary N) is 1. The standard InChI is InChI=1S/C16H16ClN3S/c1-10(18)9-11-5-4-6-12(17)15(11)21-16-19-13-7-2-3-8-14(13)20-16/h2-8,10H,9,18H2,1H3,(H,19,20). The first-order valence-corrected chi connectivity index (χ1v) is 7.98. The molecule has 0 saturated carbocycles. The van der Waals surface area contributed by atoms with Crippen LogP contribution in [0.5, 0.6) is 0 Å². The third-order valence-corrected chi connectivity index (χ3v) is 4.66. The number of nitrogens with zero attached hydrogens (tertiary/aromatic N) is 1. The van der Waals surface area contributed by atoms with Crippen molar-refractivity contribution >= 4 is 34.4 Å². The number of hydrogen-bond acceptors (Lipinski definition) is 3. The molecule has 0 aliphatic heterocycles. The molecule has 0 amide bonds. The monoisotopic (exact) mass is 317 g/mol. The number of aromatic nitrogens is 2. The predicted molar refractivity (Wildman–Crippen MR) is 89.0 cm³/mol. The normalized spacial score (nSPS) is 12.7. The van der Waals surface area contributed by atoms with Gasteiger partial charge in [0.2, 0.25) is 0 Å². The number of H-pyrrole nitrogens is 1. The van der Waals surface area contributed by atoms with Crippen molar-refractivity contribution in [2.24, 2.45) is 5.73 Å². The zero-order chi connectivity index (χ0) is 14.8. The average molecular weight is 318 g/mol. The minimum Gasteiger partial charge on any atom is -0.333 e. The first kappa shape index (κ1) is 14.4. The number of benzene rings is 2. The Morgan fingerprint density at radius 1 is 1.24 bits per heavy atom. The van der Waals surface area contributed by atoms with Gasteiger partial charge in [-0.15, -0.1) is 0 Å². The minimum absolute atomic E-state index is 0.0958. The van der Waals surface area contributed by atoms with Crippen molar-refractivity contribution in [2.45, 2.75) is 29.4 Å². The van der Waals surface area contributed by atoms with Gasteiger partial charge < -0.3 is 10.7 Å². The molecule has 0 aliphatic carbocycles. The summed E-state index contributed by atoms with van der Waals surface area (Å²) < 4.78 is 0. The summed E-state index contributed by atoms with van der Waals surface area (Å²) >= 11 is 7.91. The van der Waals surface area contributed by atoms with Crippen molar-refractivity contribution in [1.29, 1.82) is 0 Å². The van der Waals surface area contributed by atoms with Gasteiger partial charge in [-0.05, 0) is 48.9 Å². The third kappa shape index (κ3) is 3.23. The summed E-state index contributed by atoms with van der Waals surface area (Å²) in [5.41, 5.74) is 9.07. The van der Waals surface area contributed by atoms with Gasteiger partial charge in [0, 0.05) is 10.9 Å². The molecular weight excluding hydrogens is 302 g/mol. The fraction of sp³-hybridized carbons (Fsp3) is 0.188. The Balaban J connectivity index is 1.96. The molecule has 0 radical (unpaired) electrons. The zero-order valence-corrected chi connectivity index (χ0v) is 13.2. The molecule has 3 aromatic rings. The van der Waals surface area contributed by atoms with E-state index in [1.807, 2.05) is 43.3 Å². The van der Waals surface area contributed by atoms with Crippen LogP contribution in [0, 0.1) is 0 Å². The Kier molecular flexibility index (Phi) is 4.19. The molecule has 3 N–H and O–H groups in total. The number of aromatic amines is 1. The first-order valence-electron chi connectivity index (χ1n) is 6.79. The van der Waals surface area contributed by atoms with E-state index in [1.54, 1.807) is 11.8 Å². The number of hydrogen-bond donors (Lipinski definition) is 2.